The van der Waals surface area contributed by atoms with E-state index >= 15 is 0 Å². The number of para-hydroxylation sites is 2. The van der Waals surface area contributed by atoms with Crippen molar-refractivity contribution in [2.24, 2.45) is 0 Å². The van der Waals surface area contributed by atoms with Crippen LogP contribution in [0.5, 0.6) is 5.75 Å². The molecule has 6 heteroatoms. The molecule has 1 saturated carbocycles. The minimum atomic E-state index is -0.876. The first-order valence-corrected chi connectivity index (χ1v) is 7.57. The van der Waals surface area contributed by atoms with Crippen molar-refractivity contribution in [1.82, 2.24) is 5.32 Å². The van der Waals surface area contributed by atoms with Crippen LogP contribution in [0, 0.1) is 0 Å². The Hall–Kier alpha value is -2.08. The molecule has 0 aliphatic heterocycles. The van der Waals surface area contributed by atoms with E-state index in [-0.39, 0.29) is 6.54 Å². The molecule has 120 valence electrons. The summed E-state index contributed by atoms with van der Waals surface area (Å²) < 4.78 is 5.39. The predicted octanol–water partition coefficient (Wildman–Crippen LogP) is 1.45. The van der Waals surface area contributed by atoms with Gasteiger partial charge in [0.1, 0.15) is 5.75 Å². The lowest BCUT2D eigenvalue weighted by Gasteiger charge is -2.22. The first-order valence-electron chi connectivity index (χ1n) is 7.57. The molecular weight excluding hydrogens is 284 g/mol. The van der Waals surface area contributed by atoms with Gasteiger partial charge >= 0.3 is 11.8 Å². The fourth-order valence-electron chi connectivity index (χ4n) is 2.57. The van der Waals surface area contributed by atoms with Crippen molar-refractivity contribution in [2.75, 3.05) is 18.5 Å². The van der Waals surface area contributed by atoms with Gasteiger partial charge in [-0.05, 0) is 31.9 Å². The Morgan fingerprint density at radius 2 is 1.91 bits per heavy atom. The van der Waals surface area contributed by atoms with Crippen LogP contribution in [0.4, 0.5) is 5.69 Å². The summed E-state index contributed by atoms with van der Waals surface area (Å²) in [6.45, 7) is 2.41. The van der Waals surface area contributed by atoms with Gasteiger partial charge in [-0.2, -0.15) is 0 Å². The van der Waals surface area contributed by atoms with Crippen LogP contribution in [0.25, 0.3) is 0 Å². The maximum Gasteiger partial charge on any atom is 0.313 e. The fraction of sp³-hybridized carbons (Fsp3) is 0.500. The van der Waals surface area contributed by atoms with Gasteiger partial charge in [-0.25, -0.2) is 0 Å². The third-order valence-corrected chi connectivity index (χ3v) is 3.75. The molecule has 0 radical (unpaired) electrons. The third-order valence-electron chi connectivity index (χ3n) is 3.75. The largest absolute Gasteiger partial charge is 0.492 e. The summed E-state index contributed by atoms with van der Waals surface area (Å²) in [6.07, 6.45) is 3.20. The van der Waals surface area contributed by atoms with E-state index in [1.165, 1.54) is 0 Å². The van der Waals surface area contributed by atoms with Crippen LogP contribution < -0.4 is 15.4 Å². The van der Waals surface area contributed by atoms with Crippen LogP contribution in [0.15, 0.2) is 24.3 Å². The maximum atomic E-state index is 11.9. The van der Waals surface area contributed by atoms with E-state index < -0.39 is 17.4 Å². The molecule has 0 unspecified atom stereocenters. The molecule has 1 aliphatic rings. The summed E-state index contributed by atoms with van der Waals surface area (Å²) in [5.41, 5.74) is -0.428. The molecule has 0 aromatic heterocycles. The van der Waals surface area contributed by atoms with Gasteiger partial charge in [-0.15, -0.1) is 0 Å². The van der Waals surface area contributed by atoms with Crippen molar-refractivity contribution in [1.29, 1.82) is 0 Å². The molecule has 3 N–H and O–H groups in total. The van der Waals surface area contributed by atoms with E-state index in [2.05, 4.69) is 10.6 Å². The maximum absolute atomic E-state index is 11.9. The number of aliphatic hydroxyl groups is 1. The van der Waals surface area contributed by atoms with Crippen LogP contribution in [-0.2, 0) is 9.59 Å². The van der Waals surface area contributed by atoms with E-state index in [0.717, 1.165) is 12.8 Å². The lowest BCUT2D eigenvalue weighted by molar-refractivity contribution is -0.136. The second-order valence-corrected chi connectivity index (χ2v) is 5.50. The number of hydrogen-bond donors (Lipinski definition) is 3. The molecule has 22 heavy (non-hydrogen) atoms. The summed E-state index contributed by atoms with van der Waals surface area (Å²) in [4.78, 5) is 23.8. The van der Waals surface area contributed by atoms with Crippen LogP contribution in [-0.4, -0.2) is 35.7 Å². The minimum absolute atomic E-state index is 0.104. The SMILES string of the molecule is CCOc1ccccc1NC(=O)C(=O)NCC1(O)CCCC1. The Bertz CT molecular complexity index is 539. The van der Waals surface area contributed by atoms with E-state index in [4.69, 9.17) is 4.74 Å². The average molecular weight is 306 g/mol. The number of amides is 2. The molecule has 6 nitrogen and oxygen atoms in total. The van der Waals surface area contributed by atoms with Crippen molar-refractivity contribution in [2.45, 2.75) is 38.2 Å². The van der Waals surface area contributed by atoms with Crippen LogP contribution in [0.3, 0.4) is 0 Å². The minimum Gasteiger partial charge on any atom is -0.492 e. The summed E-state index contributed by atoms with van der Waals surface area (Å²) >= 11 is 0. The third kappa shape index (κ3) is 4.21. The topological polar surface area (TPSA) is 87.7 Å². The summed E-state index contributed by atoms with van der Waals surface area (Å²) in [6, 6.07) is 6.92. The van der Waals surface area contributed by atoms with E-state index in [0.29, 0.717) is 30.9 Å². The number of ether oxygens (including phenoxy) is 1. The second-order valence-electron chi connectivity index (χ2n) is 5.50. The van der Waals surface area contributed by atoms with Crippen molar-refractivity contribution in [3.05, 3.63) is 24.3 Å². The Balaban J connectivity index is 1.90. The van der Waals surface area contributed by atoms with Crippen LogP contribution >= 0.6 is 0 Å². The highest BCUT2D eigenvalue weighted by molar-refractivity contribution is 6.39. The molecule has 0 spiro atoms. The number of rotatable bonds is 5. The van der Waals surface area contributed by atoms with E-state index in [9.17, 15) is 14.7 Å². The van der Waals surface area contributed by atoms with Gasteiger partial charge in [0.25, 0.3) is 0 Å². The van der Waals surface area contributed by atoms with Crippen molar-refractivity contribution in [3.8, 4) is 5.75 Å². The molecular formula is C16H22N2O4. The monoisotopic (exact) mass is 306 g/mol. The summed E-state index contributed by atoms with van der Waals surface area (Å²) in [7, 11) is 0. The Kier molecular flexibility index (Phi) is 5.38. The highest BCUT2D eigenvalue weighted by atomic mass is 16.5. The van der Waals surface area contributed by atoms with Gasteiger partial charge in [-0.1, -0.05) is 25.0 Å². The number of hydrogen-bond acceptors (Lipinski definition) is 4. The first-order chi connectivity index (χ1) is 10.5. The molecule has 2 rings (SSSR count). The van der Waals surface area contributed by atoms with E-state index in [1.54, 1.807) is 24.3 Å². The Morgan fingerprint density at radius 3 is 2.59 bits per heavy atom. The second kappa shape index (κ2) is 7.26. The molecule has 0 bridgehead atoms. The smallest absolute Gasteiger partial charge is 0.313 e. The number of carbonyl (C=O) groups is 2. The quantitative estimate of drug-likeness (QED) is 0.718. The fourth-order valence-corrected chi connectivity index (χ4v) is 2.57. The molecule has 1 fully saturated rings. The van der Waals surface area contributed by atoms with Gasteiger partial charge < -0.3 is 20.5 Å². The standard InChI is InChI=1S/C16H22N2O4/c1-2-22-13-8-4-3-7-12(13)18-15(20)14(19)17-11-16(21)9-5-6-10-16/h3-4,7-8,21H,2,5-6,9-11H2,1H3,(H,17,19)(H,18,20). The molecule has 2 amide bonds. The number of anilines is 1. The lowest BCUT2D eigenvalue weighted by Crippen LogP contribution is -2.44. The Morgan fingerprint density at radius 1 is 1.23 bits per heavy atom. The number of nitrogens with one attached hydrogen (secondary N) is 2. The summed E-state index contributed by atoms with van der Waals surface area (Å²) in [5.74, 6) is -1.01. The van der Waals surface area contributed by atoms with Crippen molar-refractivity contribution in [3.63, 3.8) is 0 Å². The zero-order chi connectivity index (χ0) is 16.0. The molecule has 1 aliphatic carbocycles. The summed E-state index contributed by atoms with van der Waals surface area (Å²) in [5, 5.41) is 15.2. The van der Waals surface area contributed by atoms with Crippen molar-refractivity contribution >= 4 is 17.5 Å². The van der Waals surface area contributed by atoms with Crippen LogP contribution in [0.2, 0.25) is 0 Å². The molecule has 1 aromatic carbocycles. The number of carbonyl (C=O) groups excluding carboxylic acids is 2. The number of benzene rings is 1. The highest BCUT2D eigenvalue weighted by Crippen LogP contribution is 2.28. The average Bonchev–Trinajstić information content (AvgIpc) is 2.94. The highest BCUT2D eigenvalue weighted by Gasteiger charge is 2.32. The zero-order valence-electron chi connectivity index (χ0n) is 12.7. The normalized spacial score (nSPS) is 16.1. The lowest BCUT2D eigenvalue weighted by atomic mass is 10.0. The van der Waals surface area contributed by atoms with Gasteiger partial charge in [-0.3, -0.25) is 9.59 Å². The first kappa shape index (κ1) is 16.3. The van der Waals surface area contributed by atoms with Gasteiger partial charge in [0.05, 0.1) is 17.9 Å². The van der Waals surface area contributed by atoms with Gasteiger partial charge in [0, 0.05) is 6.54 Å². The van der Waals surface area contributed by atoms with Gasteiger partial charge in [0.2, 0.25) is 0 Å². The predicted molar refractivity (Wildman–Crippen MR) is 82.7 cm³/mol. The van der Waals surface area contributed by atoms with Gasteiger partial charge in [0.15, 0.2) is 0 Å². The van der Waals surface area contributed by atoms with Crippen molar-refractivity contribution < 1.29 is 19.4 Å². The molecule has 0 saturated heterocycles. The molecule has 0 heterocycles. The van der Waals surface area contributed by atoms with E-state index in [1.807, 2.05) is 6.92 Å². The van der Waals surface area contributed by atoms with Crippen LogP contribution in [0.1, 0.15) is 32.6 Å². The molecule has 1 aromatic rings. The molecule has 0 atom stereocenters. The Labute approximate surface area is 129 Å². The zero-order valence-corrected chi connectivity index (χ0v) is 12.7.